The van der Waals surface area contributed by atoms with Gasteiger partial charge in [-0.05, 0) is 42.3 Å². The Bertz CT molecular complexity index is 816. The molecule has 3 aromatic rings. The standard InChI is InChI=1S/C20H18N2O3/c23-13-12-15-6-9-18(10-7-15)25-19-11-8-17(14-21-19)22-20(24)16-4-2-1-3-5-16/h1-11,14,23H,12-13H2,(H,22,24). The molecule has 2 aromatic carbocycles. The topological polar surface area (TPSA) is 71.5 Å². The first-order valence-electron chi connectivity index (χ1n) is 7.95. The first-order chi connectivity index (χ1) is 12.2. The molecule has 126 valence electrons. The van der Waals surface area contributed by atoms with Crippen molar-refractivity contribution >= 4 is 11.6 Å². The third-order valence-corrected chi connectivity index (χ3v) is 3.58. The van der Waals surface area contributed by atoms with Gasteiger partial charge in [0, 0.05) is 18.2 Å². The third-order valence-electron chi connectivity index (χ3n) is 3.58. The Morgan fingerprint density at radius 3 is 2.40 bits per heavy atom. The minimum absolute atomic E-state index is 0.123. The minimum atomic E-state index is -0.185. The molecule has 1 heterocycles. The van der Waals surface area contributed by atoms with E-state index in [0.717, 1.165) is 5.56 Å². The lowest BCUT2D eigenvalue weighted by Gasteiger charge is -2.08. The zero-order valence-corrected chi connectivity index (χ0v) is 13.6. The van der Waals surface area contributed by atoms with Crippen molar-refractivity contribution < 1.29 is 14.6 Å². The molecule has 2 N–H and O–H groups in total. The number of pyridine rings is 1. The lowest BCUT2D eigenvalue weighted by atomic mass is 10.1. The fourth-order valence-electron chi connectivity index (χ4n) is 2.28. The van der Waals surface area contributed by atoms with Crippen molar-refractivity contribution in [2.75, 3.05) is 11.9 Å². The number of rotatable bonds is 6. The predicted octanol–water partition coefficient (Wildman–Crippen LogP) is 3.66. The van der Waals surface area contributed by atoms with Crippen LogP contribution in [0.5, 0.6) is 11.6 Å². The quantitative estimate of drug-likeness (QED) is 0.722. The number of carbonyl (C=O) groups excluding carboxylic acids is 1. The number of benzene rings is 2. The minimum Gasteiger partial charge on any atom is -0.439 e. The van der Waals surface area contributed by atoms with Gasteiger partial charge in [0.15, 0.2) is 0 Å². The Morgan fingerprint density at radius 1 is 1.00 bits per heavy atom. The van der Waals surface area contributed by atoms with E-state index < -0.39 is 0 Å². The van der Waals surface area contributed by atoms with E-state index in [0.29, 0.717) is 29.3 Å². The summed E-state index contributed by atoms with van der Waals surface area (Å²) in [6.07, 6.45) is 2.17. The van der Waals surface area contributed by atoms with Crippen LogP contribution in [-0.4, -0.2) is 22.6 Å². The Morgan fingerprint density at radius 2 is 1.76 bits per heavy atom. The van der Waals surface area contributed by atoms with E-state index in [-0.39, 0.29) is 12.5 Å². The van der Waals surface area contributed by atoms with E-state index in [1.165, 1.54) is 0 Å². The molecule has 0 spiro atoms. The molecule has 1 amide bonds. The van der Waals surface area contributed by atoms with Crippen molar-refractivity contribution in [3.05, 3.63) is 84.1 Å². The maximum atomic E-state index is 12.1. The molecule has 5 heteroatoms. The van der Waals surface area contributed by atoms with Crippen LogP contribution < -0.4 is 10.1 Å². The summed E-state index contributed by atoms with van der Waals surface area (Å²) < 4.78 is 5.67. The van der Waals surface area contributed by atoms with Crippen molar-refractivity contribution in [3.63, 3.8) is 0 Å². The van der Waals surface area contributed by atoms with Gasteiger partial charge in [0.1, 0.15) is 5.75 Å². The number of anilines is 1. The number of ether oxygens (including phenoxy) is 1. The van der Waals surface area contributed by atoms with Gasteiger partial charge in [0.05, 0.1) is 11.9 Å². The largest absolute Gasteiger partial charge is 0.439 e. The van der Waals surface area contributed by atoms with Gasteiger partial charge < -0.3 is 15.2 Å². The van der Waals surface area contributed by atoms with Gasteiger partial charge in [-0.1, -0.05) is 30.3 Å². The van der Waals surface area contributed by atoms with Crippen LogP contribution in [0.4, 0.5) is 5.69 Å². The van der Waals surface area contributed by atoms with E-state index in [2.05, 4.69) is 10.3 Å². The predicted molar refractivity (Wildman–Crippen MR) is 95.9 cm³/mol. The summed E-state index contributed by atoms with van der Waals surface area (Å²) in [6, 6.07) is 19.9. The molecule has 0 atom stereocenters. The van der Waals surface area contributed by atoms with E-state index in [1.54, 1.807) is 30.5 Å². The average molecular weight is 334 g/mol. The van der Waals surface area contributed by atoms with Crippen molar-refractivity contribution in [1.29, 1.82) is 0 Å². The number of nitrogens with one attached hydrogen (secondary N) is 1. The van der Waals surface area contributed by atoms with E-state index in [9.17, 15) is 4.79 Å². The molecular formula is C20H18N2O3. The van der Waals surface area contributed by atoms with Gasteiger partial charge in [0.25, 0.3) is 5.91 Å². The van der Waals surface area contributed by atoms with Crippen LogP contribution in [0.3, 0.4) is 0 Å². The van der Waals surface area contributed by atoms with Crippen LogP contribution in [0, 0.1) is 0 Å². The summed E-state index contributed by atoms with van der Waals surface area (Å²) in [6.45, 7) is 0.123. The first-order valence-corrected chi connectivity index (χ1v) is 7.95. The Kier molecular flexibility index (Phi) is 5.39. The molecule has 0 fully saturated rings. The van der Waals surface area contributed by atoms with Gasteiger partial charge in [0.2, 0.25) is 5.88 Å². The van der Waals surface area contributed by atoms with Gasteiger partial charge in [-0.15, -0.1) is 0 Å². The van der Waals surface area contributed by atoms with Crippen LogP contribution in [0.1, 0.15) is 15.9 Å². The van der Waals surface area contributed by atoms with Crippen LogP contribution >= 0.6 is 0 Å². The summed E-state index contributed by atoms with van der Waals surface area (Å²) in [7, 11) is 0. The number of hydrogen-bond donors (Lipinski definition) is 2. The Balaban J connectivity index is 1.61. The fourth-order valence-corrected chi connectivity index (χ4v) is 2.28. The van der Waals surface area contributed by atoms with E-state index >= 15 is 0 Å². The van der Waals surface area contributed by atoms with Gasteiger partial charge in [-0.25, -0.2) is 4.98 Å². The van der Waals surface area contributed by atoms with Crippen LogP contribution in [0.2, 0.25) is 0 Å². The third kappa shape index (κ3) is 4.65. The lowest BCUT2D eigenvalue weighted by Crippen LogP contribution is -2.11. The maximum Gasteiger partial charge on any atom is 0.255 e. The molecule has 0 aliphatic rings. The van der Waals surface area contributed by atoms with Crippen LogP contribution in [-0.2, 0) is 6.42 Å². The number of aliphatic hydroxyl groups excluding tert-OH is 1. The smallest absolute Gasteiger partial charge is 0.255 e. The summed E-state index contributed by atoms with van der Waals surface area (Å²) in [4.78, 5) is 16.3. The molecule has 0 bridgehead atoms. The number of aromatic nitrogens is 1. The lowest BCUT2D eigenvalue weighted by molar-refractivity contribution is 0.102. The SMILES string of the molecule is O=C(Nc1ccc(Oc2ccc(CCO)cc2)nc1)c1ccccc1. The normalized spacial score (nSPS) is 10.3. The number of hydrogen-bond acceptors (Lipinski definition) is 4. The molecule has 3 rings (SSSR count). The highest BCUT2D eigenvalue weighted by Crippen LogP contribution is 2.21. The molecule has 0 saturated carbocycles. The molecule has 1 aromatic heterocycles. The molecule has 0 aliphatic heterocycles. The highest BCUT2D eigenvalue weighted by atomic mass is 16.5. The molecule has 25 heavy (non-hydrogen) atoms. The van der Waals surface area contributed by atoms with Crippen molar-refractivity contribution in [2.45, 2.75) is 6.42 Å². The van der Waals surface area contributed by atoms with Crippen molar-refractivity contribution in [2.24, 2.45) is 0 Å². The zero-order chi connectivity index (χ0) is 17.5. The number of nitrogens with zero attached hydrogens (tertiary/aromatic N) is 1. The zero-order valence-electron chi connectivity index (χ0n) is 13.6. The second-order valence-corrected chi connectivity index (χ2v) is 5.42. The molecule has 0 saturated heterocycles. The highest BCUT2D eigenvalue weighted by Gasteiger charge is 2.06. The van der Waals surface area contributed by atoms with Crippen LogP contribution in [0.15, 0.2) is 72.9 Å². The summed E-state index contributed by atoms with van der Waals surface area (Å²) in [5.74, 6) is 0.915. The highest BCUT2D eigenvalue weighted by molar-refractivity contribution is 6.04. The molecule has 0 aliphatic carbocycles. The van der Waals surface area contributed by atoms with E-state index in [4.69, 9.17) is 9.84 Å². The van der Waals surface area contributed by atoms with Crippen molar-refractivity contribution in [1.82, 2.24) is 4.98 Å². The number of amides is 1. The summed E-state index contributed by atoms with van der Waals surface area (Å²) in [5.41, 5.74) is 2.23. The Labute approximate surface area is 145 Å². The summed E-state index contributed by atoms with van der Waals surface area (Å²) in [5, 5.41) is 11.7. The second-order valence-electron chi connectivity index (χ2n) is 5.42. The van der Waals surface area contributed by atoms with Gasteiger partial charge >= 0.3 is 0 Å². The second kappa shape index (κ2) is 8.08. The van der Waals surface area contributed by atoms with Crippen molar-refractivity contribution in [3.8, 4) is 11.6 Å². The Hall–Kier alpha value is -3.18. The molecule has 0 unspecified atom stereocenters. The molecule has 0 radical (unpaired) electrons. The van der Waals surface area contributed by atoms with Crippen LogP contribution in [0.25, 0.3) is 0 Å². The van der Waals surface area contributed by atoms with E-state index in [1.807, 2.05) is 42.5 Å². The first kappa shape index (κ1) is 16.7. The maximum absolute atomic E-state index is 12.1. The van der Waals surface area contributed by atoms with Gasteiger partial charge in [-0.3, -0.25) is 4.79 Å². The fraction of sp³-hybridized carbons (Fsp3) is 0.100. The molecule has 5 nitrogen and oxygen atoms in total. The monoisotopic (exact) mass is 334 g/mol. The average Bonchev–Trinajstić information content (AvgIpc) is 2.66. The summed E-state index contributed by atoms with van der Waals surface area (Å²) >= 11 is 0. The van der Waals surface area contributed by atoms with Gasteiger partial charge in [-0.2, -0.15) is 0 Å². The number of aliphatic hydroxyl groups is 1. The number of carbonyl (C=O) groups is 1. The molecular weight excluding hydrogens is 316 g/mol.